The molecular formula is C23H14Cl2O5. The van der Waals surface area contributed by atoms with E-state index in [2.05, 4.69) is 0 Å². The largest absolute Gasteiger partial charge is 0.497 e. The molecule has 0 radical (unpaired) electrons. The highest BCUT2D eigenvalue weighted by molar-refractivity contribution is 6.38. The second kappa shape index (κ2) is 8.22. The van der Waals surface area contributed by atoms with E-state index in [1.54, 1.807) is 42.5 Å². The van der Waals surface area contributed by atoms with Crippen molar-refractivity contribution in [3.05, 3.63) is 92.6 Å². The first kappa shape index (κ1) is 20.0. The van der Waals surface area contributed by atoms with Crippen molar-refractivity contribution in [2.45, 2.75) is 0 Å². The van der Waals surface area contributed by atoms with E-state index in [0.29, 0.717) is 11.3 Å². The van der Waals surface area contributed by atoms with E-state index in [1.165, 1.54) is 25.3 Å². The van der Waals surface area contributed by atoms with Crippen LogP contribution in [0, 0.1) is 0 Å². The van der Waals surface area contributed by atoms with Crippen molar-refractivity contribution in [1.29, 1.82) is 0 Å². The minimum Gasteiger partial charge on any atom is -0.497 e. The summed E-state index contributed by atoms with van der Waals surface area (Å²) < 4.78 is 16.6. The fourth-order valence-electron chi connectivity index (χ4n) is 2.98. The van der Waals surface area contributed by atoms with Gasteiger partial charge in [-0.25, -0.2) is 4.79 Å². The zero-order valence-corrected chi connectivity index (χ0v) is 17.2. The summed E-state index contributed by atoms with van der Waals surface area (Å²) in [5, 5.41) is 0.551. The standard InChI is InChI=1S/C23H14Cl2O5/c1-28-16-9-5-8-14(10-16)23(27)30-22-19(26)17-11-15(24)12-18(25)21(17)29-20(22)13-6-3-2-4-7-13/h2-12H,1H3. The van der Waals surface area contributed by atoms with Crippen molar-refractivity contribution in [3.8, 4) is 22.8 Å². The molecule has 0 aliphatic carbocycles. The highest BCUT2D eigenvalue weighted by Gasteiger charge is 2.23. The van der Waals surface area contributed by atoms with Crippen LogP contribution >= 0.6 is 23.2 Å². The zero-order valence-electron chi connectivity index (χ0n) is 15.6. The summed E-state index contributed by atoms with van der Waals surface area (Å²) >= 11 is 12.3. The SMILES string of the molecule is COc1cccc(C(=O)Oc2c(-c3ccccc3)oc3c(Cl)cc(Cl)cc3c2=O)c1. The molecule has 4 rings (SSSR count). The molecule has 0 spiro atoms. The highest BCUT2D eigenvalue weighted by atomic mass is 35.5. The van der Waals surface area contributed by atoms with Gasteiger partial charge in [-0.05, 0) is 30.3 Å². The molecule has 0 amide bonds. The minimum atomic E-state index is -0.731. The Morgan fingerprint density at radius 2 is 1.73 bits per heavy atom. The highest BCUT2D eigenvalue weighted by Crippen LogP contribution is 2.35. The Balaban J connectivity index is 1.91. The molecule has 0 aliphatic rings. The van der Waals surface area contributed by atoms with Gasteiger partial charge in [0.05, 0.1) is 23.1 Å². The van der Waals surface area contributed by atoms with Gasteiger partial charge in [0.25, 0.3) is 0 Å². The van der Waals surface area contributed by atoms with Gasteiger partial charge in [0, 0.05) is 10.6 Å². The van der Waals surface area contributed by atoms with E-state index in [4.69, 9.17) is 37.1 Å². The molecule has 0 atom stereocenters. The van der Waals surface area contributed by atoms with Crippen LogP contribution in [0.1, 0.15) is 10.4 Å². The third-order valence-electron chi connectivity index (χ3n) is 4.41. The van der Waals surface area contributed by atoms with Gasteiger partial charge in [-0.15, -0.1) is 0 Å². The number of rotatable bonds is 4. The maximum Gasteiger partial charge on any atom is 0.343 e. The number of ether oxygens (including phenoxy) is 2. The summed E-state index contributed by atoms with van der Waals surface area (Å²) in [6.45, 7) is 0. The Morgan fingerprint density at radius 1 is 0.967 bits per heavy atom. The van der Waals surface area contributed by atoms with Gasteiger partial charge >= 0.3 is 5.97 Å². The van der Waals surface area contributed by atoms with Crippen LogP contribution in [0.2, 0.25) is 10.0 Å². The molecule has 0 fully saturated rings. The third kappa shape index (κ3) is 3.77. The van der Waals surface area contributed by atoms with E-state index in [1.807, 2.05) is 6.07 Å². The number of hydrogen-bond donors (Lipinski definition) is 0. The quantitative estimate of drug-likeness (QED) is 0.364. The molecule has 1 heterocycles. The van der Waals surface area contributed by atoms with Crippen molar-refractivity contribution in [1.82, 2.24) is 0 Å². The second-order valence-electron chi connectivity index (χ2n) is 6.34. The Labute approximate surface area is 181 Å². The topological polar surface area (TPSA) is 65.7 Å². The van der Waals surface area contributed by atoms with Gasteiger partial charge in [-0.1, -0.05) is 59.6 Å². The van der Waals surface area contributed by atoms with E-state index >= 15 is 0 Å². The van der Waals surface area contributed by atoms with Crippen molar-refractivity contribution in [2.24, 2.45) is 0 Å². The van der Waals surface area contributed by atoms with Crippen LogP contribution in [0.15, 0.2) is 75.9 Å². The third-order valence-corrected chi connectivity index (χ3v) is 4.90. The molecule has 3 aromatic carbocycles. The number of benzene rings is 3. The first-order valence-corrected chi connectivity index (χ1v) is 9.61. The van der Waals surface area contributed by atoms with E-state index < -0.39 is 11.4 Å². The van der Waals surface area contributed by atoms with Gasteiger partial charge in [0.1, 0.15) is 5.75 Å². The molecule has 7 heteroatoms. The number of carbonyl (C=O) groups excluding carboxylic acids is 1. The summed E-state index contributed by atoms with van der Waals surface area (Å²) in [6.07, 6.45) is 0. The Kier molecular flexibility index (Phi) is 5.48. The van der Waals surface area contributed by atoms with Gasteiger partial charge in [-0.3, -0.25) is 4.79 Å². The van der Waals surface area contributed by atoms with Crippen molar-refractivity contribution >= 4 is 40.1 Å². The molecule has 0 unspecified atom stereocenters. The van der Waals surface area contributed by atoms with E-state index in [0.717, 1.165) is 0 Å². The molecule has 1 aromatic heterocycles. The lowest BCUT2D eigenvalue weighted by Gasteiger charge is -2.12. The monoisotopic (exact) mass is 440 g/mol. The fourth-order valence-corrected chi connectivity index (χ4v) is 3.51. The molecule has 150 valence electrons. The molecule has 4 aromatic rings. The second-order valence-corrected chi connectivity index (χ2v) is 7.18. The van der Waals surface area contributed by atoms with Gasteiger partial charge < -0.3 is 13.9 Å². The fraction of sp³-hybridized carbons (Fsp3) is 0.0435. The normalized spacial score (nSPS) is 10.8. The number of esters is 1. The van der Waals surface area contributed by atoms with Gasteiger partial charge in [-0.2, -0.15) is 0 Å². The maximum absolute atomic E-state index is 13.2. The summed E-state index contributed by atoms with van der Waals surface area (Å²) in [6, 6.07) is 18.1. The Morgan fingerprint density at radius 3 is 2.47 bits per heavy atom. The number of methoxy groups -OCH3 is 1. The summed E-state index contributed by atoms with van der Waals surface area (Å²) in [5.41, 5.74) is 0.370. The first-order valence-electron chi connectivity index (χ1n) is 8.85. The van der Waals surface area contributed by atoms with Crippen LogP contribution in [0.25, 0.3) is 22.3 Å². The average Bonchev–Trinajstić information content (AvgIpc) is 2.76. The molecule has 0 aliphatic heterocycles. The lowest BCUT2D eigenvalue weighted by atomic mass is 10.1. The number of halogens is 2. The van der Waals surface area contributed by atoms with Crippen molar-refractivity contribution in [3.63, 3.8) is 0 Å². The molecule has 0 N–H and O–H groups in total. The molecule has 0 saturated carbocycles. The zero-order chi connectivity index (χ0) is 21.3. The van der Waals surface area contributed by atoms with Crippen LogP contribution in [-0.2, 0) is 0 Å². The maximum atomic E-state index is 13.2. The summed E-state index contributed by atoms with van der Waals surface area (Å²) in [4.78, 5) is 26.0. The van der Waals surface area contributed by atoms with E-state index in [9.17, 15) is 9.59 Å². The lowest BCUT2D eigenvalue weighted by Crippen LogP contribution is -2.16. The predicted molar refractivity (Wildman–Crippen MR) is 116 cm³/mol. The van der Waals surface area contributed by atoms with Gasteiger partial charge in [0.15, 0.2) is 11.3 Å². The van der Waals surface area contributed by atoms with Crippen LogP contribution in [-0.4, -0.2) is 13.1 Å². The Hall–Kier alpha value is -3.28. The lowest BCUT2D eigenvalue weighted by molar-refractivity contribution is 0.0731. The summed E-state index contributed by atoms with van der Waals surface area (Å²) in [5.74, 6) is -0.406. The minimum absolute atomic E-state index is 0.0913. The molecular weight excluding hydrogens is 427 g/mol. The first-order chi connectivity index (χ1) is 14.5. The van der Waals surface area contributed by atoms with Crippen molar-refractivity contribution in [2.75, 3.05) is 7.11 Å². The average molecular weight is 441 g/mol. The molecule has 0 bridgehead atoms. The van der Waals surface area contributed by atoms with Crippen LogP contribution in [0.4, 0.5) is 0 Å². The van der Waals surface area contributed by atoms with Crippen molar-refractivity contribution < 1.29 is 18.7 Å². The molecule has 0 saturated heterocycles. The molecule has 5 nitrogen and oxygen atoms in total. The number of fused-ring (bicyclic) bond motifs is 1. The molecule has 30 heavy (non-hydrogen) atoms. The van der Waals surface area contributed by atoms with Crippen LogP contribution < -0.4 is 14.9 Å². The summed E-state index contributed by atoms with van der Waals surface area (Å²) in [7, 11) is 1.49. The van der Waals surface area contributed by atoms with Crippen LogP contribution in [0.5, 0.6) is 11.5 Å². The smallest absolute Gasteiger partial charge is 0.343 e. The number of hydrogen-bond acceptors (Lipinski definition) is 5. The predicted octanol–water partition coefficient (Wildman–Crippen LogP) is 5.99. The number of carbonyl (C=O) groups is 1. The van der Waals surface area contributed by atoms with E-state index in [-0.39, 0.29) is 38.1 Å². The Bertz CT molecular complexity index is 1310. The van der Waals surface area contributed by atoms with Gasteiger partial charge in [0.2, 0.25) is 11.2 Å². The van der Waals surface area contributed by atoms with Crippen LogP contribution in [0.3, 0.4) is 0 Å².